The fourth-order valence-corrected chi connectivity index (χ4v) is 2.50. The Bertz CT molecular complexity index is 530. The van der Waals surface area contributed by atoms with Gasteiger partial charge >= 0.3 is 0 Å². The van der Waals surface area contributed by atoms with Gasteiger partial charge in [-0.15, -0.1) is 0 Å². The number of rotatable bonds is 3. The fourth-order valence-electron chi connectivity index (χ4n) is 2.50. The van der Waals surface area contributed by atoms with Crippen LogP contribution in [0.5, 0.6) is 5.75 Å². The lowest BCUT2D eigenvalue weighted by Crippen LogP contribution is -2.44. The number of nitrogens with zero attached hydrogens (tertiary/aromatic N) is 1. The van der Waals surface area contributed by atoms with E-state index in [1.807, 2.05) is 0 Å². The molecular weight excluding hydrogens is 258 g/mol. The van der Waals surface area contributed by atoms with Crippen LogP contribution in [0.4, 0.5) is 5.69 Å². The highest BCUT2D eigenvalue weighted by Crippen LogP contribution is 2.27. The number of amides is 2. The highest BCUT2D eigenvalue weighted by atomic mass is 16.5. The molecule has 108 valence electrons. The summed E-state index contributed by atoms with van der Waals surface area (Å²) in [6.45, 7) is 0.936. The Kier molecular flexibility index (Phi) is 4.12. The Labute approximate surface area is 117 Å². The first-order chi connectivity index (χ1) is 9.54. The van der Waals surface area contributed by atoms with E-state index in [9.17, 15) is 9.59 Å². The maximum Gasteiger partial charge on any atom is 0.259 e. The average molecular weight is 277 g/mol. The molecule has 1 aromatic carbocycles. The molecule has 0 spiro atoms. The Morgan fingerprint density at radius 1 is 1.40 bits per heavy atom. The summed E-state index contributed by atoms with van der Waals surface area (Å²) < 4.78 is 5.19. The zero-order valence-electron chi connectivity index (χ0n) is 11.5. The Balaban J connectivity index is 2.25. The highest BCUT2D eigenvalue weighted by molar-refractivity contribution is 6.02. The van der Waals surface area contributed by atoms with Gasteiger partial charge in [-0.05, 0) is 25.0 Å². The summed E-state index contributed by atoms with van der Waals surface area (Å²) in [5.74, 6) is -0.429. The van der Waals surface area contributed by atoms with Crippen molar-refractivity contribution in [2.24, 2.45) is 11.7 Å². The smallest absolute Gasteiger partial charge is 0.259 e. The van der Waals surface area contributed by atoms with Crippen molar-refractivity contribution in [1.82, 2.24) is 4.90 Å². The minimum atomic E-state index is -0.365. The predicted molar refractivity (Wildman–Crippen MR) is 75.2 cm³/mol. The topological polar surface area (TPSA) is 98.7 Å². The van der Waals surface area contributed by atoms with Crippen LogP contribution in [0.3, 0.4) is 0 Å². The molecular formula is C14H19N3O3. The van der Waals surface area contributed by atoms with Gasteiger partial charge in [-0.1, -0.05) is 6.07 Å². The molecule has 1 saturated heterocycles. The third-order valence-corrected chi connectivity index (χ3v) is 3.60. The van der Waals surface area contributed by atoms with Gasteiger partial charge in [-0.2, -0.15) is 0 Å². The molecule has 1 atom stereocenters. The van der Waals surface area contributed by atoms with Crippen molar-refractivity contribution < 1.29 is 14.3 Å². The minimum Gasteiger partial charge on any atom is -0.496 e. The normalized spacial score (nSPS) is 18.6. The summed E-state index contributed by atoms with van der Waals surface area (Å²) in [7, 11) is 1.49. The van der Waals surface area contributed by atoms with Crippen LogP contribution in [0.15, 0.2) is 18.2 Å². The van der Waals surface area contributed by atoms with Crippen LogP contribution in [0.1, 0.15) is 23.2 Å². The second-order valence-electron chi connectivity index (χ2n) is 4.92. The third-order valence-electron chi connectivity index (χ3n) is 3.60. The molecule has 4 N–H and O–H groups in total. The summed E-state index contributed by atoms with van der Waals surface area (Å²) in [6.07, 6.45) is 1.48. The SMILES string of the molecule is COc1cccc(N)c1C(=O)N1CCCC(C(N)=O)C1. The van der Waals surface area contributed by atoms with Crippen LogP contribution >= 0.6 is 0 Å². The average Bonchev–Trinajstić information content (AvgIpc) is 2.46. The zero-order valence-corrected chi connectivity index (χ0v) is 11.5. The standard InChI is InChI=1S/C14H19N3O3/c1-20-11-6-2-5-10(15)12(11)14(19)17-7-3-4-9(8-17)13(16)18/h2,5-6,9H,3-4,7-8,15H2,1H3,(H2,16,18). The van der Waals surface area contributed by atoms with Gasteiger partial charge in [0.15, 0.2) is 0 Å². The molecule has 6 nitrogen and oxygen atoms in total. The van der Waals surface area contributed by atoms with Crippen molar-refractivity contribution >= 4 is 17.5 Å². The number of nitrogen functional groups attached to an aromatic ring is 1. The van der Waals surface area contributed by atoms with Crippen molar-refractivity contribution in [2.45, 2.75) is 12.8 Å². The van der Waals surface area contributed by atoms with Gasteiger partial charge in [-0.25, -0.2) is 0 Å². The van der Waals surface area contributed by atoms with Gasteiger partial charge in [0.1, 0.15) is 11.3 Å². The Morgan fingerprint density at radius 3 is 2.80 bits per heavy atom. The van der Waals surface area contributed by atoms with Crippen LogP contribution < -0.4 is 16.2 Å². The van der Waals surface area contributed by atoms with E-state index in [1.165, 1.54) is 7.11 Å². The largest absolute Gasteiger partial charge is 0.496 e. The van der Waals surface area contributed by atoms with Crippen molar-refractivity contribution in [3.63, 3.8) is 0 Å². The number of benzene rings is 1. The van der Waals surface area contributed by atoms with Crippen LogP contribution in [-0.4, -0.2) is 36.9 Å². The Morgan fingerprint density at radius 2 is 2.15 bits per heavy atom. The molecule has 0 radical (unpaired) electrons. The minimum absolute atomic E-state index is 0.217. The zero-order chi connectivity index (χ0) is 14.7. The molecule has 6 heteroatoms. The predicted octanol–water partition coefficient (Wildman–Crippen LogP) is 0.615. The fraction of sp³-hybridized carbons (Fsp3) is 0.429. The van der Waals surface area contributed by atoms with Crippen LogP contribution in [0.25, 0.3) is 0 Å². The molecule has 2 rings (SSSR count). The van der Waals surface area contributed by atoms with Gasteiger partial charge < -0.3 is 21.1 Å². The van der Waals surface area contributed by atoms with Crippen molar-refractivity contribution in [1.29, 1.82) is 0 Å². The molecule has 0 saturated carbocycles. The number of anilines is 1. The van der Waals surface area contributed by atoms with E-state index in [4.69, 9.17) is 16.2 Å². The maximum absolute atomic E-state index is 12.6. The number of primary amides is 1. The molecule has 1 aromatic rings. The number of carbonyl (C=O) groups is 2. The Hall–Kier alpha value is -2.24. The molecule has 0 bridgehead atoms. The number of ether oxygens (including phenoxy) is 1. The van der Waals surface area contributed by atoms with Gasteiger partial charge in [0.25, 0.3) is 5.91 Å². The van der Waals surface area contributed by atoms with Gasteiger partial charge in [0.2, 0.25) is 5.91 Å². The van der Waals surface area contributed by atoms with Crippen molar-refractivity contribution in [3.05, 3.63) is 23.8 Å². The lowest BCUT2D eigenvalue weighted by atomic mass is 9.96. The first-order valence-electron chi connectivity index (χ1n) is 6.55. The molecule has 1 fully saturated rings. The molecule has 2 amide bonds. The van der Waals surface area contributed by atoms with E-state index in [0.29, 0.717) is 30.1 Å². The van der Waals surface area contributed by atoms with Gasteiger partial charge in [0.05, 0.1) is 13.0 Å². The van der Waals surface area contributed by atoms with E-state index < -0.39 is 0 Å². The lowest BCUT2D eigenvalue weighted by Gasteiger charge is -2.31. The van der Waals surface area contributed by atoms with E-state index in [0.717, 1.165) is 12.8 Å². The number of piperidine rings is 1. The monoisotopic (exact) mass is 277 g/mol. The molecule has 20 heavy (non-hydrogen) atoms. The number of carbonyl (C=O) groups excluding carboxylic acids is 2. The molecule has 1 aliphatic rings. The third kappa shape index (κ3) is 2.68. The van der Waals surface area contributed by atoms with Gasteiger partial charge in [0, 0.05) is 18.8 Å². The number of likely N-dealkylation sites (tertiary alicyclic amines) is 1. The summed E-state index contributed by atoms with van der Waals surface area (Å²) >= 11 is 0. The maximum atomic E-state index is 12.6. The van der Waals surface area contributed by atoms with Crippen molar-refractivity contribution in [2.75, 3.05) is 25.9 Å². The summed E-state index contributed by atoms with van der Waals surface area (Å²) in [4.78, 5) is 25.5. The van der Waals surface area contributed by atoms with E-state index in [2.05, 4.69) is 0 Å². The number of nitrogens with two attached hydrogens (primary N) is 2. The van der Waals surface area contributed by atoms with Crippen LogP contribution in [-0.2, 0) is 4.79 Å². The molecule has 1 unspecified atom stereocenters. The van der Waals surface area contributed by atoms with Gasteiger partial charge in [-0.3, -0.25) is 9.59 Å². The van der Waals surface area contributed by atoms with Crippen LogP contribution in [0.2, 0.25) is 0 Å². The van der Waals surface area contributed by atoms with E-state index >= 15 is 0 Å². The number of hydrogen-bond acceptors (Lipinski definition) is 4. The molecule has 1 aliphatic heterocycles. The number of methoxy groups -OCH3 is 1. The molecule has 1 heterocycles. The quantitative estimate of drug-likeness (QED) is 0.791. The molecule has 0 aromatic heterocycles. The van der Waals surface area contributed by atoms with Crippen molar-refractivity contribution in [3.8, 4) is 5.75 Å². The first kappa shape index (κ1) is 14.2. The highest BCUT2D eigenvalue weighted by Gasteiger charge is 2.29. The first-order valence-corrected chi connectivity index (χ1v) is 6.55. The summed E-state index contributed by atoms with van der Waals surface area (Å²) in [5, 5.41) is 0. The van der Waals surface area contributed by atoms with E-state index in [-0.39, 0.29) is 17.7 Å². The van der Waals surface area contributed by atoms with Crippen LogP contribution in [0, 0.1) is 5.92 Å². The second-order valence-corrected chi connectivity index (χ2v) is 4.92. The van der Waals surface area contributed by atoms with E-state index in [1.54, 1.807) is 23.1 Å². The lowest BCUT2D eigenvalue weighted by molar-refractivity contribution is -0.123. The second kappa shape index (κ2) is 5.81. The summed E-state index contributed by atoms with van der Waals surface area (Å²) in [6, 6.07) is 5.08. The summed E-state index contributed by atoms with van der Waals surface area (Å²) in [5.41, 5.74) is 11.9. The number of hydrogen-bond donors (Lipinski definition) is 2. The molecule has 0 aliphatic carbocycles.